The molecule has 0 atom stereocenters. The van der Waals surface area contributed by atoms with Crippen LogP contribution in [0.15, 0.2) is 72.8 Å². The summed E-state index contributed by atoms with van der Waals surface area (Å²) < 4.78 is 22.8. The molecule has 5 aromatic carbocycles. The van der Waals surface area contributed by atoms with Crippen molar-refractivity contribution in [3.05, 3.63) is 128 Å². The van der Waals surface area contributed by atoms with Crippen molar-refractivity contribution in [3.8, 4) is 23.0 Å². The SMILES string of the molecule is COc1cc(C(c2ccc(C(c3cc(C)c(N)c(OC)c3)c3cc(C)c(N)c(OC)c3)cc2)c2cc(C)c(N)c(OC)c2)cc(C)c1N. The number of nitrogen functional groups attached to an aromatic ring is 4. The van der Waals surface area contributed by atoms with Crippen molar-refractivity contribution >= 4 is 22.7 Å². The van der Waals surface area contributed by atoms with Gasteiger partial charge in [0.25, 0.3) is 0 Å². The first-order chi connectivity index (χ1) is 22.9. The lowest BCUT2D eigenvalue weighted by molar-refractivity contribution is 0.415. The third kappa shape index (κ3) is 6.26. The quantitative estimate of drug-likeness (QED) is 0.0896. The van der Waals surface area contributed by atoms with E-state index < -0.39 is 0 Å². The molecular formula is C40H46N4O4. The lowest BCUT2D eigenvalue weighted by atomic mass is 9.80. The summed E-state index contributed by atoms with van der Waals surface area (Å²) in [5.74, 6) is 2.18. The largest absolute Gasteiger partial charge is 0.495 e. The van der Waals surface area contributed by atoms with Gasteiger partial charge >= 0.3 is 0 Å². The van der Waals surface area contributed by atoms with Gasteiger partial charge in [-0.15, -0.1) is 0 Å². The van der Waals surface area contributed by atoms with E-state index in [0.29, 0.717) is 45.7 Å². The molecule has 5 rings (SSSR count). The van der Waals surface area contributed by atoms with Crippen molar-refractivity contribution < 1.29 is 18.9 Å². The van der Waals surface area contributed by atoms with E-state index in [1.807, 2.05) is 52.0 Å². The summed E-state index contributed by atoms with van der Waals surface area (Å²) in [5, 5.41) is 0. The Kier molecular flexibility index (Phi) is 9.66. The number of nitrogens with two attached hydrogens (primary N) is 4. The molecule has 0 heterocycles. The highest BCUT2D eigenvalue weighted by Gasteiger charge is 2.25. The lowest BCUT2D eigenvalue weighted by Gasteiger charge is -2.25. The van der Waals surface area contributed by atoms with E-state index >= 15 is 0 Å². The van der Waals surface area contributed by atoms with Crippen LogP contribution in [0.3, 0.4) is 0 Å². The van der Waals surface area contributed by atoms with Gasteiger partial charge in [-0.2, -0.15) is 0 Å². The van der Waals surface area contributed by atoms with E-state index in [1.165, 1.54) is 0 Å². The Hall–Kier alpha value is -5.50. The zero-order valence-corrected chi connectivity index (χ0v) is 29.0. The van der Waals surface area contributed by atoms with Crippen LogP contribution in [0.2, 0.25) is 0 Å². The van der Waals surface area contributed by atoms with Crippen LogP contribution < -0.4 is 41.9 Å². The van der Waals surface area contributed by atoms with Crippen molar-refractivity contribution in [1.82, 2.24) is 0 Å². The molecule has 0 saturated heterocycles. The summed E-state index contributed by atoms with van der Waals surface area (Å²) in [6.45, 7) is 7.97. The first kappa shape index (κ1) is 33.9. The second-order valence-electron chi connectivity index (χ2n) is 12.3. The fourth-order valence-electron chi connectivity index (χ4n) is 6.55. The Labute approximate surface area is 283 Å². The number of ether oxygens (including phenoxy) is 4. The molecule has 0 fully saturated rings. The molecular weight excluding hydrogens is 600 g/mol. The van der Waals surface area contributed by atoms with E-state index in [1.54, 1.807) is 28.4 Å². The average molecular weight is 647 g/mol. The Morgan fingerprint density at radius 1 is 0.354 bits per heavy atom. The molecule has 0 saturated carbocycles. The van der Waals surface area contributed by atoms with Gasteiger partial charge in [0.1, 0.15) is 23.0 Å². The molecule has 0 bridgehead atoms. The van der Waals surface area contributed by atoms with Crippen molar-refractivity contribution in [2.45, 2.75) is 39.5 Å². The summed E-state index contributed by atoms with van der Waals surface area (Å²) >= 11 is 0. The minimum Gasteiger partial charge on any atom is -0.495 e. The molecule has 0 aliphatic heterocycles. The summed E-state index contributed by atoms with van der Waals surface area (Å²) in [6, 6.07) is 25.2. The first-order valence-electron chi connectivity index (χ1n) is 15.8. The molecule has 0 aromatic heterocycles. The molecule has 8 N–H and O–H groups in total. The van der Waals surface area contributed by atoms with Crippen LogP contribution in [-0.2, 0) is 0 Å². The van der Waals surface area contributed by atoms with Crippen LogP contribution >= 0.6 is 0 Å². The zero-order valence-electron chi connectivity index (χ0n) is 29.0. The second-order valence-corrected chi connectivity index (χ2v) is 12.3. The monoisotopic (exact) mass is 646 g/mol. The highest BCUT2D eigenvalue weighted by Crippen LogP contribution is 2.43. The number of benzene rings is 5. The highest BCUT2D eigenvalue weighted by molar-refractivity contribution is 5.67. The van der Waals surface area contributed by atoms with Crippen molar-refractivity contribution in [1.29, 1.82) is 0 Å². The third-order valence-corrected chi connectivity index (χ3v) is 9.30. The van der Waals surface area contributed by atoms with Gasteiger partial charge in [0.05, 0.1) is 51.2 Å². The molecule has 48 heavy (non-hydrogen) atoms. The Morgan fingerprint density at radius 2 is 0.562 bits per heavy atom. The molecule has 8 heteroatoms. The number of methoxy groups -OCH3 is 4. The average Bonchev–Trinajstić information content (AvgIpc) is 3.07. The maximum Gasteiger partial charge on any atom is 0.142 e. The van der Waals surface area contributed by atoms with Gasteiger partial charge in [-0.3, -0.25) is 0 Å². The normalized spacial score (nSPS) is 11.2. The Balaban J connectivity index is 1.73. The maximum absolute atomic E-state index is 6.38. The fraction of sp³-hybridized carbons (Fsp3) is 0.250. The zero-order chi connectivity index (χ0) is 34.9. The third-order valence-electron chi connectivity index (χ3n) is 9.30. The maximum atomic E-state index is 6.38. The molecule has 0 aliphatic rings. The molecule has 0 unspecified atom stereocenters. The van der Waals surface area contributed by atoms with Crippen LogP contribution in [0.4, 0.5) is 22.7 Å². The number of hydrogen-bond acceptors (Lipinski definition) is 8. The molecule has 8 nitrogen and oxygen atoms in total. The molecule has 0 spiro atoms. The van der Waals surface area contributed by atoms with Crippen LogP contribution in [0.5, 0.6) is 23.0 Å². The van der Waals surface area contributed by atoms with Gasteiger partial charge in [-0.25, -0.2) is 0 Å². The van der Waals surface area contributed by atoms with Crippen LogP contribution in [0.25, 0.3) is 0 Å². The van der Waals surface area contributed by atoms with Crippen LogP contribution in [0, 0.1) is 27.7 Å². The smallest absolute Gasteiger partial charge is 0.142 e. The minimum absolute atomic E-state index is 0.170. The van der Waals surface area contributed by atoms with Gasteiger partial charge in [0.2, 0.25) is 0 Å². The molecule has 0 radical (unpaired) electrons. The van der Waals surface area contributed by atoms with Gasteiger partial charge in [-0.05, 0) is 108 Å². The second kappa shape index (κ2) is 13.7. The van der Waals surface area contributed by atoms with Crippen LogP contribution in [0.1, 0.15) is 67.5 Å². The molecule has 0 aliphatic carbocycles. The van der Waals surface area contributed by atoms with Crippen LogP contribution in [-0.4, -0.2) is 28.4 Å². The molecule has 0 amide bonds. The summed E-state index contributed by atoms with van der Waals surface area (Å²) in [5.41, 5.74) is 38.0. The van der Waals surface area contributed by atoms with E-state index in [-0.39, 0.29) is 11.8 Å². The Bertz CT molecular complexity index is 1710. The minimum atomic E-state index is -0.170. The number of aryl methyl sites for hydroxylation is 4. The number of hydrogen-bond donors (Lipinski definition) is 4. The highest BCUT2D eigenvalue weighted by atomic mass is 16.5. The van der Waals surface area contributed by atoms with Gasteiger partial charge in [0, 0.05) is 11.8 Å². The molecule has 250 valence electrons. The predicted octanol–water partition coefficient (Wildman–Crippen LogP) is 7.64. The van der Waals surface area contributed by atoms with E-state index in [9.17, 15) is 0 Å². The van der Waals surface area contributed by atoms with E-state index in [4.69, 9.17) is 41.9 Å². The van der Waals surface area contributed by atoms with Gasteiger partial charge < -0.3 is 41.9 Å². The summed E-state index contributed by atoms with van der Waals surface area (Å²) in [6.07, 6.45) is 0. The van der Waals surface area contributed by atoms with Gasteiger partial charge in [-0.1, -0.05) is 48.5 Å². The van der Waals surface area contributed by atoms with Crippen molar-refractivity contribution in [2.24, 2.45) is 0 Å². The number of anilines is 4. The fourth-order valence-corrected chi connectivity index (χ4v) is 6.55. The van der Waals surface area contributed by atoms with Crippen molar-refractivity contribution in [2.75, 3.05) is 51.4 Å². The Morgan fingerprint density at radius 3 is 0.750 bits per heavy atom. The predicted molar refractivity (Wildman–Crippen MR) is 197 cm³/mol. The van der Waals surface area contributed by atoms with Gasteiger partial charge in [0.15, 0.2) is 0 Å². The van der Waals surface area contributed by atoms with E-state index in [2.05, 4.69) is 48.5 Å². The molecule has 5 aromatic rings. The standard InChI is InChI=1S/C40H46N4O4/c1-21-13-27(17-31(45-5)37(21)41)35(28-14-22(2)38(42)32(18-28)46-6)25-9-11-26(12-10-25)36(29-15-23(3)39(43)33(19-29)47-7)30-16-24(4)40(44)34(20-30)48-8/h9-20,35-36H,41-44H2,1-8H3. The van der Waals surface area contributed by atoms with E-state index in [0.717, 1.165) is 55.6 Å². The first-order valence-corrected chi connectivity index (χ1v) is 15.8. The van der Waals surface area contributed by atoms with Crippen molar-refractivity contribution in [3.63, 3.8) is 0 Å². The topological polar surface area (TPSA) is 141 Å². The summed E-state index contributed by atoms with van der Waals surface area (Å²) in [7, 11) is 6.54. The summed E-state index contributed by atoms with van der Waals surface area (Å²) in [4.78, 5) is 0. The number of rotatable bonds is 10. The lowest BCUT2D eigenvalue weighted by Crippen LogP contribution is -2.10.